The van der Waals surface area contributed by atoms with Crippen LogP contribution in [0.5, 0.6) is 0 Å². The molecule has 0 amide bonds. The Morgan fingerprint density at radius 2 is 2.05 bits per heavy atom. The molecule has 2 aromatic heterocycles. The van der Waals surface area contributed by atoms with Crippen LogP contribution in [0.15, 0.2) is 47.8 Å². The lowest BCUT2D eigenvalue weighted by Crippen LogP contribution is -2.09. The summed E-state index contributed by atoms with van der Waals surface area (Å²) in [5, 5.41) is 12.3. The second-order valence-electron chi connectivity index (χ2n) is 4.37. The lowest BCUT2D eigenvalue weighted by Gasteiger charge is -2.07. The summed E-state index contributed by atoms with van der Waals surface area (Å²) in [6, 6.07) is 13.6. The van der Waals surface area contributed by atoms with Crippen molar-refractivity contribution in [3.63, 3.8) is 0 Å². The van der Waals surface area contributed by atoms with E-state index in [0.717, 1.165) is 17.3 Å². The zero-order valence-corrected chi connectivity index (χ0v) is 11.1. The molecule has 0 bridgehead atoms. The van der Waals surface area contributed by atoms with Gasteiger partial charge in [-0.15, -0.1) is 11.3 Å². The predicted molar refractivity (Wildman–Crippen MR) is 76.9 cm³/mol. The number of hydrogen-bond donors (Lipinski definition) is 1. The zero-order valence-electron chi connectivity index (χ0n) is 10.2. The van der Waals surface area contributed by atoms with Gasteiger partial charge in [-0.1, -0.05) is 24.3 Å². The number of hydrogen-bond acceptors (Lipinski definition) is 2. The van der Waals surface area contributed by atoms with E-state index in [-0.39, 0.29) is 0 Å². The Hall–Kier alpha value is -2.07. The standard InChI is InChI=1S/C15H13NO2S/c17-15(18)14-10-11-4-1-2-6-13(11)16(14)8-7-12-5-3-9-19-12/h1-6,9-10H,7-8H2,(H,17,18). The van der Waals surface area contributed by atoms with Gasteiger partial charge in [0.05, 0.1) is 0 Å². The Morgan fingerprint density at radius 1 is 1.21 bits per heavy atom. The number of fused-ring (bicyclic) bond motifs is 1. The minimum absolute atomic E-state index is 0.359. The molecule has 0 radical (unpaired) electrons. The molecule has 19 heavy (non-hydrogen) atoms. The molecule has 3 aromatic rings. The Balaban J connectivity index is 2.00. The van der Waals surface area contributed by atoms with Crippen molar-refractivity contribution in [3.05, 3.63) is 58.4 Å². The Bertz CT molecular complexity index is 713. The van der Waals surface area contributed by atoms with Crippen LogP contribution in [-0.2, 0) is 13.0 Å². The van der Waals surface area contributed by atoms with Crippen molar-refractivity contribution in [1.29, 1.82) is 0 Å². The lowest BCUT2D eigenvalue weighted by atomic mass is 10.2. The monoisotopic (exact) mass is 271 g/mol. The molecule has 3 rings (SSSR count). The summed E-state index contributed by atoms with van der Waals surface area (Å²) in [5.74, 6) is -0.873. The van der Waals surface area contributed by atoms with Crippen molar-refractivity contribution in [1.82, 2.24) is 4.57 Å². The number of thiophene rings is 1. The third kappa shape index (κ3) is 2.27. The molecule has 1 aromatic carbocycles. The number of aromatic nitrogens is 1. The molecule has 0 aliphatic rings. The first-order chi connectivity index (χ1) is 9.25. The molecule has 96 valence electrons. The van der Waals surface area contributed by atoms with Crippen molar-refractivity contribution in [2.45, 2.75) is 13.0 Å². The molecule has 0 saturated heterocycles. The minimum Gasteiger partial charge on any atom is -0.477 e. The van der Waals surface area contributed by atoms with Crippen molar-refractivity contribution in [2.24, 2.45) is 0 Å². The molecule has 4 heteroatoms. The van der Waals surface area contributed by atoms with Gasteiger partial charge in [0.25, 0.3) is 0 Å². The van der Waals surface area contributed by atoms with Gasteiger partial charge >= 0.3 is 5.97 Å². The highest BCUT2D eigenvalue weighted by molar-refractivity contribution is 7.09. The molecule has 2 heterocycles. The van der Waals surface area contributed by atoms with Crippen molar-refractivity contribution >= 4 is 28.2 Å². The summed E-state index contributed by atoms with van der Waals surface area (Å²) < 4.78 is 1.89. The van der Waals surface area contributed by atoms with Crippen molar-refractivity contribution < 1.29 is 9.90 Å². The third-order valence-electron chi connectivity index (χ3n) is 3.19. The highest BCUT2D eigenvalue weighted by Crippen LogP contribution is 2.21. The van der Waals surface area contributed by atoms with Crippen molar-refractivity contribution in [2.75, 3.05) is 0 Å². The van der Waals surface area contributed by atoms with E-state index in [9.17, 15) is 9.90 Å². The topological polar surface area (TPSA) is 42.2 Å². The van der Waals surface area contributed by atoms with E-state index in [1.807, 2.05) is 40.3 Å². The lowest BCUT2D eigenvalue weighted by molar-refractivity contribution is 0.0685. The molecule has 0 aliphatic carbocycles. The summed E-state index contributed by atoms with van der Waals surface area (Å²) in [7, 11) is 0. The van der Waals surface area contributed by atoms with E-state index in [1.165, 1.54) is 4.88 Å². The van der Waals surface area contributed by atoms with E-state index < -0.39 is 5.97 Å². The zero-order chi connectivity index (χ0) is 13.2. The average Bonchev–Trinajstić information content (AvgIpc) is 3.03. The first kappa shape index (κ1) is 12.0. The molecular weight excluding hydrogens is 258 g/mol. The summed E-state index contributed by atoms with van der Waals surface area (Å²) in [6.07, 6.45) is 0.858. The van der Waals surface area contributed by atoms with Gasteiger partial charge in [-0.2, -0.15) is 0 Å². The molecule has 0 aliphatic heterocycles. The number of carboxylic acid groups (broad SMARTS) is 1. The molecule has 1 N–H and O–H groups in total. The fourth-order valence-corrected chi connectivity index (χ4v) is 3.00. The van der Waals surface area contributed by atoms with Gasteiger partial charge in [-0.3, -0.25) is 0 Å². The van der Waals surface area contributed by atoms with Crippen LogP contribution >= 0.6 is 11.3 Å². The molecule has 0 fully saturated rings. The second kappa shape index (κ2) is 4.90. The predicted octanol–water partition coefficient (Wildman–Crippen LogP) is 3.64. The van der Waals surface area contributed by atoms with Crippen molar-refractivity contribution in [3.8, 4) is 0 Å². The molecule has 3 nitrogen and oxygen atoms in total. The van der Waals surface area contributed by atoms with Gasteiger partial charge < -0.3 is 9.67 Å². The minimum atomic E-state index is -0.873. The molecular formula is C15H13NO2S. The third-order valence-corrected chi connectivity index (χ3v) is 4.13. The normalized spacial score (nSPS) is 10.9. The number of aryl methyl sites for hydroxylation is 2. The number of carboxylic acids is 1. The summed E-state index contributed by atoms with van der Waals surface area (Å²) in [5.41, 5.74) is 1.34. The molecule has 0 unspecified atom stereocenters. The van der Waals surface area contributed by atoms with Crippen LogP contribution in [0.1, 0.15) is 15.4 Å². The van der Waals surface area contributed by atoms with Crippen LogP contribution in [0.25, 0.3) is 10.9 Å². The van der Waals surface area contributed by atoms with Crippen LogP contribution in [0, 0.1) is 0 Å². The van der Waals surface area contributed by atoms with Gasteiger partial charge in [-0.05, 0) is 30.0 Å². The molecule has 0 spiro atoms. The van der Waals surface area contributed by atoms with Crippen LogP contribution in [0.3, 0.4) is 0 Å². The number of para-hydroxylation sites is 1. The summed E-state index contributed by atoms with van der Waals surface area (Å²) >= 11 is 1.70. The maximum atomic E-state index is 11.3. The second-order valence-corrected chi connectivity index (χ2v) is 5.41. The Kier molecular flexibility index (Phi) is 3.09. The highest BCUT2D eigenvalue weighted by atomic mass is 32.1. The molecule has 0 saturated carbocycles. The maximum absolute atomic E-state index is 11.3. The maximum Gasteiger partial charge on any atom is 0.352 e. The number of rotatable bonds is 4. The van der Waals surface area contributed by atoms with Gasteiger partial charge in [0.1, 0.15) is 5.69 Å². The van der Waals surface area contributed by atoms with E-state index in [1.54, 1.807) is 17.4 Å². The summed E-state index contributed by atoms with van der Waals surface area (Å²) in [4.78, 5) is 12.6. The first-order valence-electron chi connectivity index (χ1n) is 6.09. The SMILES string of the molecule is O=C(O)c1cc2ccccc2n1CCc1cccs1. The van der Waals surface area contributed by atoms with Gasteiger partial charge in [0.2, 0.25) is 0 Å². The fourth-order valence-electron chi connectivity index (χ4n) is 2.31. The largest absolute Gasteiger partial charge is 0.477 e. The smallest absolute Gasteiger partial charge is 0.352 e. The van der Waals surface area contributed by atoms with Crippen LogP contribution in [0.4, 0.5) is 0 Å². The fraction of sp³-hybridized carbons (Fsp3) is 0.133. The van der Waals surface area contributed by atoms with E-state index in [2.05, 4.69) is 6.07 Å². The number of nitrogens with zero attached hydrogens (tertiary/aromatic N) is 1. The Labute approximate surface area is 114 Å². The van der Waals surface area contributed by atoms with Crippen LogP contribution in [-0.4, -0.2) is 15.6 Å². The molecule has 0 atom stereocenters. The van der Waals surface area contributed by atoms with Crippen LogP contribution in [0.2, 0.25) is 0 Å². The van der Waals surface area contributed by atoms with Gasteiger partial charge in [-0.25, -0.2) is 4.79 Å². The van der Waals surface area contributed by atoms with E-state index >= 15 is 0 Å². The van der Waals surface area contributed by atoms with E-state index in [0.29, 0.717) is 12.2 Å². The number of benzene rings is 1. The number of aromatic carboxylic acids is 1. The summed E-state index contributed by atoms with van der Waals surface area (Å²) in [6.45, 7) is 0.690. The first-order valence-corrected chi connectivity index (χ1v) is 6.97. The highest BCUT2D eigenvalue weighted by Gasteiger charge is 2.14. The van der Waals surface area contributed by atoms with E-state index in [4.69, 9.17) is 0 Å². The Morgan fingerprint density at radius 3 is 2.79 bits per heavy atom. The van der Waals surface area contributed by atoms with Gasteiger partial charge in [0.15, 0.2) is 0 Å². The van der Waals surface area contributed by atoms with Crippen LogP contribution < -0.4 is 0 Å². The van der Waals surface area contributed by atoms with Gasteiger partial charge in [0, 0.05) is 22.3 Å². The quantitative estimate of drug-likeness (QED) is 0.787. The average molecular weight is 271 g/mol. The number of carbonyl (C=O) groups is 1.